The van der Waals surface area contributed by atoms with Gasteiger partial charge in [0.1, 0.15) is 10.3 Å². The number of carbonyl (C=O) groups excluding carboxylic acids is 2. The summed E-state index contributed by atoms with van der Waals surface area (Å²) >= 11 is 1.14. The molecule has 35 heavy (non-hydrogen) atoms. The highest BCUT2D eigenvalue weighted by Crippen LogP contribution is 2.37. The lowest BCUT2D eigenvalue weighted by Gasteiger charge is -2.38. The Bertz CT molecular complexity index is 1180. The Hall–Kier alpha value is -2.47. The third-order valence-corrected chi connectivity index (χ3v) is 9.69. The predicted molar refractivity (Wildman–Crippen MR) is 133 cm³/mol. The molecule has 2 N–H and O–H groups in total. The number of rotatable bonds is 8. The van der Waals surface area contributed by atoms with Crippen molar-refractivity contribution in [3.63, 3.8) is 0 Å². The van der Waals surface area contributed by atoms with Gasteiger partial charge in [-0.25, -0.2) is 8.42 Å². The number of fused-ring (bicyclic) bond motifs is 1. The molecule has 0 spiro atoms. The zero-order valence-electron chi connectivity index (χ0n) is 20.0. The molecule has 4 rings (SSSR count). The molecule has 2 aromatic rings. The maximum atomic E-state index is 13.5. The summed E-state index contributed by atoms with van der Waals surface area (Å²) < 4.78 is 34.0. The van der Waals surface area contributed by atoms with Crippen LogP contribution in [0.4, 0.5) is 5.69 Å². The summed E-state index contributed by atoms with van der Waals surface area (Å²) in [6.07, 6.45) is 1.04. The average Bonchev–Trinajstić information content (AvgIpc) is 3.54. The van der Waals surface area contributed by atoms with Crippen LogP contribution in [0.3, 0.4) is 0 Å². The lowest BCUT2D eigenvalue weighted by molar-refractivity contribution is -0.117. The Kier molecular flexibility index (Phi) is 7.51. The maximum Gasteiger partial charge on any atom is 0.258 e. The number of benzene rings is 1. The van der Waals surface area contributed by atoms with Gasteiger partial charge in [-0.2, -0.15) is 4.31 Å². The zero-order chi connectivity index (χ0) is 25.3. The fraction of sp³-hybridized carbons (Fsp3) is 0.500. The van der Waals surface area contributed by atoms with E-state index >= 15 is 0 Å². The number of nitrogens with zero attached hydrogens (tertiary/aromatic N) is 2. The van der Waals surface area contributed by atoms with Gasteiger partial charge in [0.25, 0.3) is 15.9 Å². The summed E-state index contributed by atoms with van der Waals surface area (Å²) in [5, 5.41) is 14.4. The fourth-order valence-electron chi connectivity index (χ4n) is 4.06. The molecule has 11 heteroatoms. The second-order valence-corrected chi connectivity index (χ2v) is 12.5. The lowest BCUT2D eigenvalue weighted by Crippen LogP contribution is -2.50. The summed E-state index contributed by atoms with van der Waals surface area (Å²) in [6, 6.07) is 7.78. The number of sulfonamides is 1. The van der Waals surface area contributed by atoms with Crippen molar-refractivity contribution in [2.45, 2.75) is 43.0 Å². The number of amides is 2. The summed E-state index contributed by atoms with van der Waals surface area (Å²) in [7, 11) is -2.21. The van der Waals surface area contributed by atoms with E-state index in [-0.39, 0.29) is 58.9 Å². The highest BCUT2D eigenvalue weighted by molar-refractivity contribution is 7.91. The first-order chi connectivity index (χ1) is 16.6. The second kappa shape index (κ2) is 10.3. The van der Waals surface area contributed by atoms with Gasteiger partial charge >= 0.3 is 0 Å². The van der Waals surface area contributed by atoms with Crippen LogP contribution < -0.4 is 10.1 Å². The number of ether oxygens (including phenoxy) is 1. The molecule has 1 fully saturated rings. The summed E-state index contributed by atoms with van der Waals surface area (Å²) in [5.41, 5.74) is 0.645. The molecule has 1 saturated carbocycles. The number of carbonyl (C=O) groups is 2. The third kappa shape index (κ3) is 5.37. The molecule has 190 valence electrons. The number of hydrogen-bond acceptors (Lipinski definition) is 7. The van der Waals surface area contributed by atoms with Crippen LogP contribution in [0.25, 0.3) is 0 Å². The Balaban J connectivity index is 1.71. The molecule has 2 heterocycles. The predicted octanol–water partition coefficient (Wildman–Crippen LogP) is 2.64. The lowest BCUT2D eigenvalue weighted by atomic mass is 9.99. The molecule has 0 saturated heterocycles. The van der Waals surface area contributed by atoms with Crippen molar-refractivity contribution in [1.82, 2.24) is 9.21 Å². The van der Waals surface area contributed by atoms with Gasteiger partial charge in [-0.15, -0.1) is 11.3 Å². The molecule has 2 amide bonds. The number of anilines is 1. The Morgan fingerprint density at radius 2 is 2.06 bits per heavy atom. The minimum atomic E-state index is -3.71. The summed E-state index contributed by atoms with van der Waals surface area (Å²) in [4.78, 5) is 27.6. The van der Waals surface area contributed by atoms with Gasteiger partial charge in [-0.1, -0.05) is 19.1 Å². The fourth-order valence-corrected chi connectivity index (χ4v) is 6.44. The minimum absolute atomic E-state index is 0.0429. The molecule has 0 radical (unpaired) electrons. The van der Waals surface area contributed by atoms with Crippen molar-refractivity contribution in [1.29, 1.82) is 0 Å². The molecule has 1 aliphatic carbocycles. The van der Waals surface area contributed by atoms with Crippen molar-refractivity contribution in [2.75, 3.05) is 32.1 Å². The highest BCUT2D eigenvalue weighted by atomic mass is 32.2. The van der Waals surface area contributed by atoms with E-state index in [0.29, 0.717) is 5.69 Å². The van der Waals surface area contributed by atoms with E-state index in [1.807, 2.05) is 6.92 Å². The monoisotopic (exact) mass is 521 g/mol. The smallest absolute Gasteiger partial charge is 0.258 e. The van der Waals surface area contributed by atoms with E-state index in [9.17, 15) is 23.1 Å². The second-order valence-electron chi connectivity index (χ2n) is 9.29. The van der Waals surface area contributed by atoms with Gasteiger partial charge in [0.05, 0.1) is 30.4 Å². The molecular formula is C24H31N3O6S2. The van der Waals surface area contributed by atoms with Gasteiger partial charge in [0.15, 0.2) is 5.75 Å². The maximum absolute atomic E-state index is 13.5. The van der Waals surface area contributed by atoms with Crippen LogP contribution in [0.2, 0.25) is 0 Å². The van der Waals surface area contributed by atoms with Crippen LogP contribution in [-0.4, -0.2) is 73.4 Å². The van der Waals surface area contributed by atoms with Crippen molar-refractivity contribution in [3.8, 4) is 5.75 Å². The molecule has 2 aliphatic rings. The number of thiophene rings is 1. The van der Waals surface area contributed by atoms with Crippen molar-refractivity contribution < 1.29 is 27.9 Å². The Morgan fingerprint density at radius 3 is 2.69 bits per heavy atom. The van der Waals surface area contributed by atoms with Gasteiger partial charge < -0.3 is 20.1 Å². The molecule has 1 aliphatic heterocycles. The van der Waals surface area contributed by atoms with Crippen LogP contribution >= 0.6 is 11.3 Å². The summed E-state index contributed by atoms with van der Waals surface area (Å²) in [6.45, 7) is 3.74. The first-order valence-electron chi connectivity index (χ1n) is 11.7. The molecule has 0 unspecified atom stereocenters. The van der Waals surface area contributed by atoms with Crippen LogP contribution in [0, 0.1) is 11.8 Å². The van der Waals surface area contributed by atoms with Crippen LogP contribution in [0.1, 0.15) is 37.0 Å². The number of nitrogens with one attached hydrogen (secondary N) is 1. The van der Waals surface area contributed by atoms with E-state index in [1.165, 1.54) is 11.4 Å². The molecule has 9 nitrogen and oxygen atoms in total. The first-order valence-corrected chi connectivity index (χ1v) is 14.0. The van der Waals surface area contributed by atoms with E-state index < -0.39 is 22.2 Å². The van der Waals surface area contributed by atoms with E-state index in [4.69, 9.17) is 4.74 Å². The first kappa shape index (κ1) is 25.6. The number of hydrogen-bond donors (Lipinski definition) is 2. The molecular weight excluding hydrogens is 490 g/mol. The van der Waals surface area contributed by atoms with Crippen LogP contribution in [0.15, 0.2) is 39.9 Å². The van der Waals surface area contributed by atoms with E-state index in [1.54, 1.807) is 47.5 Å². The quantitative estimate of drug-likeness (QED) is 0.552. The number of para-hydroxylation sites is 1. The van der Waals surface area contributed by atoms with E-state index in [0.717, 1.165) is 24.2 Å². The Morgan fingerprint density at radius 1 is 1.31 bits per heavy atom. The van der Waals surface area contributed by atoms with Crippen molar-refractivity contribution >= 4 is 38.9 Å². The molecule has 3 atom stereocenters. The normalized spacial score (nSPS) is 21.6. The van der Waals surface area contributed by atoms with Crippen molar-refractivity contribution in [2.24, 2.45) is 11.8 Å². The molecule has 1 aromatic carbocycles. The number of likely N-dealkylation sites (N-methyl/N-ethyl adjacent to an activating group) is 1. The highest BCUT2D eigenvalue weighted by Gasteiger charge is 2.37. The van der Waals surface area contributed by atoms with Gasteiger partial charge in [0, 0.05) is 25.4 Å². The standard InChI is InChI=1S/C24H31N3O6S2/c1-15-12-27(16(2)14-28)24(30)18-6-4-7-19(25-23(29)17-9-10-17)22(18)33-20(15)13-26(3)35(31,32)21-8-5-11-34-21/h4-8,11,15-17,20,28H,9-10,12-14H2,1-3H3,(H,25,29)/t15-,16-,20-/m1/s1. The summed E-state index contributed by atoms with van der Waals surface area (Å²) in [5.74, 6) is -0.528. The minimum Gasteiger partial charge on any atom is -0.486 e. The molecule has 0 bridgehead atoms. The SMILES string of the molecule is C[C@@H]1CN([C@H](C)CO)C(=O)c2cccc(NC(=O)C3CC3)c2O[C@@H]1CN(C)S(=O)(=O)c1cccs1. The van der Waals surface area contributed by atoms with Gasteiger partial charge in [0.2, 0.25) is 5.91 Å². The van der Waals surface area contributed by atoms with Gasteiger partial charge in [-0.3, -0.25) is 9.59 Å². The topological polar surface area (TPSA) is 116 Å². The zero-order valence-corrected chi connectivity index (χ0v) is 21.6. The largest absolute Gasteiger partial charge is 0.486 e. The van der Waals surface area contributed by atoms with Gasteiger partial charge in [-0.05, 0) is 43.3 Å². The van der Waals surface area contributed by atoms with E-state index in [2.05, 4.69) is 5.32 Å². The third-order valence-electron chi connectivity index (χ3n) is 6.49. The van der Waals surface area contributed by atoms with Crippen molar-refractivity contribution in [3.05, 3.63) is 41.3 Å². The van der Waals surface area contributed by atoms with Crippen LogP contribution in [0.5, 0.6) is 5.75 Å². The average molecular weight is 522 g/mol. The van der Waals surface area contributed by atoms with Crippen LogP contribution in [-0.2, 0) is 14.8 Å². The number of aliphatic hydroxyl groups is 1. The molecule has 1 aromatic heterocycles. The number of aliphatic hydroxyl groups excluding tert-OH is 1. The Labute approximate surface area is 209 Å².